The second kappa shape index (κ2) is 5.01. The van der Waals surface area contributed by atoms with Crippen LogP contribution >= 0.6 is 23.1 Å². The van der Waals surface area contributed by atoms with Gasteiger partial charge in [0.15, 0.2) is 0 Å². The van der Waals surface area contributed by atoms with Crippen LogP contribution in [0.2, 0.25) is 0 Å². The van der Waals surface area contributed by atoms with Crippen molar-refractivity contribution in [3.8, 4) is 0 Å². The third-order valence-corrected chi connectivity index (χ3v) is 3.85. The molecule has 0 aromatic carbocycles. The van der Waals surface area contributed by atoms with Crippen LogP contribution in [-0.2, 0) is 0 Å². The first-order valence-corrected chi connectivity index (χ1v) is 7.34. The molecule has 0 fully saturated rings. The summed E-state index contributed by atoms with van der Waals surface area (Å²) in [4.78, 5) is 11.4. The maximum absolute atomic E-state index is 4.53. The Hall–Kier alpha value is -0.810. The van der Waals surface area contributed by atoms with Crippen molar-refractivity contribution >= 4 is 39.3 Å². The van der Waals surface area contributed by atoms with Gasteiger partial charge in [0.05, 0.1) is 0 Å². The van der Waals surface area contributed by atoms with E-state index >= 15 is 0 Å². The molecule has 0 unspecified atom stereocenters. The van der Waals surface area contributed by atoms with Gasteiger partial charge in [-0.05, 0) is 25.7 Å². The Bertz CT molecular complexity index is 493. The first-order valence-electron chi connectivity index (χ1n) is 5.30. The fraction of sp³-hybridized carbons (Fsp3) is 0.455. The number of aromatic nitrogens is 2. The van der Waals surface area contributed by atoms with Gasteiger partial charge < -0.3 is 5.32 Å². The van der Waals surface area contributed by atoms with E-state index in [1.165, 1.54) is 10.3 Å². The fourth-order valence-corrected chi connectivity index (χ4v) is 2.98. The zero-order valence-electron chi connectivity index (χ0n) is 9.70. The minimum absolute atomic E-state index is 0.751. The predicted octanol–water partition coefficient (Wildman–Crippen LogP) is 3.54. The highest BCUT2D eigenvalue weighted by atomic mass is 32.2. The Kier molecular flexibility index (Phi) is 3.66. The third-order valence-electron chi connectivity index (χ3n) is 2.21. The summed E-state index contributed by atoms with van der Waals surface area (Å²) < 4.78 is 0. The van der Waals surface area contributed by atoms with Gasteiger partial charge in [0.1, 0.15) is 9.86 Å². The lowest BCUT2D eigenvalue weighted by Crippen LogP contribution is -2.04. The van der Waals surface area contributed by atoms with Gasteiger partial charge in [-0.3, -0.25) is 0 Å². The number of anilines is 1. The molecule has 0 bridgehead atoms. The first-order chi connectivity index (χ1) is 7.74. The van der Waals surface area contributed by atoms with Gasteiger partial charge in [0.2, 0.25) is 5.95 Å². The van der Waals surface area contributed by atoms with Crippen molar-refractivity contribution in [1.82, 2.24) is 9.97 Å². The number of fused-ring (bicyclic) bond motifs is 1. The van der Waals surface area contributed by atoms with Crippen LogP contribution < -0.4 is 5.32 Å². The average Bonchev–Trinajstić information content (AvgIpc) is 2.65. The molecule has 0 atom stereocenters. The molecule has 0 saturated carbocycles. The van der Waals surface area contributed by atoms with Crippen LogP contribution in [0.5, 0.6) is 0 Å². The van der Waals surface area contributed by atoms with Gasteiger partial charge in [-0.15, -0.1) is 23.1 Å². The molecule has 0 amide bonds. The minimum atomic E-state index is 0.751. The van der Waals surface area contributed by atoms with Crippen LogP contribution in [0.1, 0.15) is 18.2 Å². The standard InChI is InChI=1S/C11H15N3S2/c1-4-5-12-11-13-9(15-3)8-6-7(2)16-10(8)14-11/h6H,4-5H2,1-3H3,(H,12,13,14). The van der Waals surface area contributed by atoms with E-state index in [2.05, 4.69) is 41.5 Å². The lowest BCUT2D eigenvalue weighted by molar-refractivity contribution is 0.947. The summed E-state index contributed by atoms with van der Waals surface area (Å²) in [5, 5.41) is 5.48. The molecule has 2 heterocycles. The molecule has 0 aliphatic heterocycles. The van der Waals surface area contributed by atoms with Crippen LogP contribution in [0.25, 0.3) is 10.2 Å². The summed E-state index contributed by atoms with van der Waals surface area (Å²) in [5.41, 5.74) is 0. The van der Waals surface area contributed by atoms with E-state index in [-0.39, 0.29) is 0 Å². The number of thioether (sulfide) groups is 1. The predicted molar refractivity (Wildman–Crippen MR) is 72.7 cm³/mol. The van der Waals surface area contributed by atoms with E-state index in [1.807, 2.05) is 0 Å². The summed E-state index contributed by atoms with van der Waals surface area (Å²) in [6.45, 7) is 5.16. The fourth-order valence-electron chi connectivity index (χ4n) is 1.49. The van der Waals surface area contributed by atoms with Gasteiger partial charge in [-0.1, -0.05) is 6.92 Å². The van der Waals surface area contributed by atoms with Crippen molar-refractivity contribution in [2.45, 2.75) is 25.3 Å². The lowest BCUT2D eigenvalue weighted by Gasteiger charge is -2.04. The molecular formula is C11H15N3S2. The Balaban J connectivity index is 2.45. The highest BCUT2D eigenvalue weighted by Gasteiger charge is 2.09. The molecule has 2 aromatic rings. The van der Waals surface area contributed by atoms with Crippen LogP contribution in [0.15, 0.2) is 11.1 Å². The molecule has 0 aliphatic rings. The number of hydrogen-bond acceptors (Lipinski definition) is 5. The molecule has 86 valence electrons. The zero-order chi connectivity index (χ0) is 11.5. The number of nitrogens with zero attached hydrogens (tertiary/aromatic N) is 2. The number of hydrogen-bond donors (Lipinski definition) is 1. The smallest absolute Gasteiger partial charge is 0.225 e. The first kappa shape index (κ1) is 11.7. The maximum atomic E-state index is 4.53. The van der Waals surface area contributed by atoms with Gasteiger partial charge >= 0.3 is 0 Å². The molecule has 3 nitrogen and oxygen atoms in total. The minimum Gasteiger partial charge on any atom is -0.354 e. The number of nitrogens with one attached hydrogen (secondary N) is 1. The molecule has 2 aromatic heterocycles. The second-order valence-corrected chi connectivity index (χ2v) is 5.59. The number of rotatable bonds is 4. The van der Waals surface area contributed by atoms with E-state index in [1.54, 1.807) is 23.1 Å². The third kappa shape index (κ3) is 2.30. The van der Waals surface area contributed by atoms with Crippen molar-refractivity contribution in [3.05, 3.63) is 10.9 Å². The van der Waals surface area contributed by atoms with E-state index < -0.39 is 0 Å². The molecule has 2 rings (SSSR count). The van der Waals surface area contributed by atoms with Crippen molar-refractivity contribution in [3.63, 3.8) is 0 Å². The SMILES string of the molecule is CCCNc1nc(SC)c2cc(C)sc2n1. The zero-order valence-corrected chi connectivity index (χ0v) is 11.3. The Morgan fingerprint density at radius 3 is 2.94 bits per heavy atom. The second-order valence-electron chi connectivity index (χ2n) is 3.56. The Morgan fingerprint density at radius 2 is 2.25 bits per heavy atom. The lowest BCUT2D eigenvalue weighted by atomic mass is 10.4. The van der Waals surface area contributed by atoms with E-state index in [4.69, 9.17) is 0 Å². The van der Waals surface area contributed by atoms with Crippen LogP contribution in [-0.4, -0.2) is 22.8 Å². The summed E-state index contributed by atoms with van der Waals surface area (Å²) in [7, 11) is 0. The topological polar surface area (TPSA) is 37.8 Å². The summed E-state index contributed by atoms with van der Waals surface area (Å²) in [6.07, 6.45) is 3.14. The summed E-state index contributed by atoms with van der Waals surface area (Å²) in [5.74, 6) is 0.751. The molecule has 0 spiro atoms. The van der Waals surface area contributed by atoms with Crippen molar-refractivity contribution in [2.24, 2.45) is 0 Å². The largest absolute Gasteiger partial charge is 0.354 e. The molecule has 0 aliphatic carbocycles. The monoisotopic (exact) mass is 253 g/mol. The molecule has 5 heteroatoms. The highest BCUT2D eigenvalue weighted by Crippen LogP contribution is 2.30. The van der Waals surface area contributed by atoms with Gasteiger partial charge in [0.25, 0.3) is 0 Å². The Labute approximate surface area is 104 Å². The van der Waals surface area contributed by atoms with Gasteiger partial charge in [0, 0.05) is 16.8 Å². The quantitative estimate of drug-likeness (QED) is 0.668. The van der Waals surface area contributed by atoms with E-state index in [9.17, 15) is 0 Å². The Morgan fingerprint density at radius 1 is 1.44 bits per heavy atom. The van der Waals surface area contributed by atoms with Crippen molar-refractivity contribution < 1.29 is 0 Å². The molecule has 1 N–H and O–H groups in total. The number of aryl methyl sites for hydroxylation is 1. The molecule has 16 heavy (non-hydrogen) atoms. The normalized spacial score (nSPS) is 10.9. The van der Waals surface area contributed by atoms with E-state index in [0.717, 1.165) is 28.8 Å². The average molecular weight is 253 g/mol. The van der Waals surface area contributed by atoms with Crippen LogP contribution in [0, 0.1) is 6.92 Å². The number of thiophene rings is 1. The van der Waals surface area contributed by atoms with Gasteiger partial charge in [-0.2, -0.15) is 0 Å². The van der Waals surface area contributed by atoms with Crippen molar-refractivity contribution in [1.29, 1.82) is 0 Å². The maximum Gasteiger partial charge on any atom is 0.225 e. The van der Waals surface area contributed by atoms with Crippen molar-refractivity contribution in [2.75, 3.05) is 18.1 Å². The van der Waals surface area contributed by atoms with E-state index in [0.29, 0.717) is 0 Å². The molecule has 0 saturated heterocycles. The summed E-state index contributed by atoms with van der Waals surface area (Å²) in [6, 6.07) is 2.16. The molecular weight excluding hydrogens is 238 g/mol. The van der Waals surface area contributed by atoms with Gasteiger partial charge in [-0.25, -0.2) is 9.97 Å². The van der Waals surface area contributed by atoms with Crippen LogP contribution in [0.3, 0.4) is 0 Å². The van der Waals surface area contributed by atoms with Crippen LogP contribution in [0.4, 0.5) is 5.95 Å². The highest BCUT2D eigenvalue weighted by molar-refractivity contribution is 7.98. The molecule has 0 radical (unpaired) electrons. The summed E-state index contributed by atoms with van der Waals surface area (Å²) >= 11 is 3.40.